The van der Waals surface area contributed by atoms with Gasteiger partial charge in [0.25, 0.3) is 5.91 Å². The van der Waals surface area contributed by atoms with Crippen LogP contribution in [0.5, 0.6) is 0 Å². The molecule has 1 amide bonds. The number of thioether (sulfide) groups is 1. The van der Waals surface area contributed by atoms with E-state index < -0.39 is 35.0 Å². The van der Waals surface area contributed by atoms with E-state index in [2.05, 4.69) is 4.90 Å². The van der Waals surface area contributed by atoms with Crippen LogP contribution in [0, 0.1) is 6.92 Å². The first-order valence-electron chi connectivity index (χ1n) is 11.4. The zero-order valence-electron chi connectivity index (χ0n) is 19.1. The van der Waals surface area contributed by atoms with Crippen molar-refractivity contribution in [3.05, 3.63) is 70.3 Å². The average molecular weight is 517 g/mol. The molecule has 2 aliphatic heterocycles. The fourth-order valence-electron chi connectivity index (χ4n) is 4.87. The summed E-state index contributed by atoms with van der Waals surface area (Å²) in [4.78, 5) is 17.0. The lowest BCUT2D eigenvalue weighted by molar-refractivity contribution is -0.143. The third-order valence-corrected chi connectivity index (χ3v) is 7.66. The summed E-state index contributed by atoms with van der Waals surface area (Å²) in [7, 11) is 0. The predicted molar refractivity (Wildman–Crippen MR) is 124 cm³/mol. The molecule has 0 aromatic heterocycles. The maximum Gasteiger partial charge on any atom is 0.416 e. The van der Waals surface area contributed by atoms with E-state index in [1.54, 1.807) is 0 Å². The lowest BCUT2D eigenvalue weighted by atomic mass is 9.84. The van der Waals surface area contributed by atoms with Crippen LogP contribution in [0.3, 0.4) is 0 Å². The Morgan fingerprint density at radius 1 is 0.886 bits per heavy atom. The number of piperidine rings is 1. The third kappa shape index (κ3) is 5.97. The van der Waals surface area contributed by atoms with Crippen LogP contribution in [0.2, 0.25) is 0 Å². The number of carbonyl (C=O) groups is 1. The predicted octanol–water partition coefficient (Wildman–Crippen LogP) is 6.08. The summed E-state index contributed by atoms with van der Waals surface area (Å²) >= 11 is 1.88. The van der Waals surface area contributed by atoms with Crippen LogP contribution in [0.25, 0.3) is 0 Å². The van der Waals surface area contributed by atoms with Gasteiger partial charge in [-0.15, -0.1) is 0 Å². The van der Waals surface area contributed by atoms with E-state index in [0.29, 0.717) is 18.6 Å². The molecule has 0 N–H and O–H groups in total. The second-order valence-electron chi connectivity index (χ2n) is 9.07. The number of carbonyl (C=O) groups excluding carboxylic acids is 1. The Morgan fingerprint density at radius 3 is 2.00 bits per heavy atom. The minimum atomic E-state index is -5.00. The molecule has 0 saturated carbocycles. The second-order valence-corrected chi connectivity index (χ2v) is 10.3. The summed E-state index contributed by atoms with van der Waals surface area (Å²) in [6, 6.07) is 9.17. The van der Waals surface area contributed by atoms with Crippen molar-refractivity contribution in [1.82, 2.24) is 9.80 Å². The molecule has 0 unspecified atom stereocenters. The smallest absolute Gasteiger partial charge is 0.338 e. The van der Waals surface area contributed by atoms with Crippen LogP contribution in [-0.2, 0) is 12.4 Å². The van der Waals surface area contributed by atoms with Crippen molar-refractivity contribution < 1.29 is 31.1 Å². The molecule has 2 saturated heterocycles. The van der Waals surface area contributed by atoms with E-state index >= 15 is 0 Å². The van der Waals surface area contributed by atoms with E-state index in [0.717, 1.165) is 35.7 Å². The number of nitrogens with zero attached hydrogens (tertiary/aromatic N) is 2. The number of aryl methyl sites for hydroxylation is 1. The summed E-state index contributed by atoms with van der Waals surface area (Å²) in [6.07, 6.45) is -9.40. The second kappa shape index (κ2) is 10.0. The number of hydrogen-bond donors (Lipinski definition) is 0. The van der Waals surface area contributed by atoms with E-state index in [-0.39, 0.29) is 31.1 Å². The molecule has 2 aliphatic rings. The summed E-state index contributed by atoms with van der Waals surface area (Å²) < 4.78 is 79.9. The van der Waals surface area contributed by atoms with Gasteiger partial charge in [0.15, 0.2) is 0 Å². The molecule has 0 bridgehead atoms. The molecule has 35 heavy (non-hydrogen) atoms. The van der Waals surface area contributed by atoms with Gasteiger partial charge in [0.2, 0.25) is 0 Å². The van der Waals surface area contributed by atoms with Crippen molar-refractivity contribution >= 4 is 17.7 Å². The molecule has 190 valence electrons. The Kier molecular flexibility index (Phi) is 7.43. The van der Waals surface area contributed by atoms with Crippen LogP contribution in [0.1, 0.15) is 45.0 Å². The van der Waals surface area contributed by atoms with Crippen LogP contribution in [-0.4, -0.2) is 59.4 Å². The van der Waals surface area contributed by atoms with Gasteiger partial charge in [-0.2, -0.15) is 38.1 Å². The maximum atomic E-state index is 13.3. The number of halogens is 6. The molecular formula is C25H26F6N2OS. The Bertz CT molecular complexity index is 1020. The number of rotatable bonds is 3. The van der Waals surface area contributed by atoms with Crippen molar-refractivity contribution in [2.24, 2.45) is 0 Å². The zero-order chi connectivity index (χ0) is 25.4. The van der Waals surface area contributed by atoms with Gasteiger partial charge in [-0.05, 0) is 37.1 Å². The summed E-state index contributed by atoms with van der Waals surface area (Å²) in [5, 5.41) is 0. The first-order chi connectivity index (χ1) is 16.4. The van der Waals surface area contributed by atoms with Gasteiger partial charge in [0.05, 0.1) is 11.1 Å². The molecule has 4 rings (SSSR count). The topological polar surface area (TPSA) is 23.6 Å². The van der Waals surface area contributed by atoms with Crippen molar-refractivity contribution in [3.63, 3.8) is 0 Å². The summed E-state index contributed by atoms with van der Waals surface area (Å²) in [6.45, 7) is 4.29. The molecule has 10 heteroatoms. The highest BCUT2D eigenvalue weighted by Gasteiger charge is 2.40. The van der Waals surface area contributed by atoms with Crippen LogP contribution < -0.4 is 0 Å². The molecule has 2 fully saturated rings. The third-order valence-electron chi connectivity index (χ3n) is 6.72. The van der Waals surface area contributed by atoms with E-state index in [4.69, 9.17) is 0 Å². The number of likely N-dealkylation sites (tertiary alicyclic amines) is 1. The van der Waals surface area contributed by atoms with Crippen LogP contribution in [0.4, 0.5) is 26.3 Å². The number of alkyl halides is 6. The van der Waals surface area contributed by atoms with Gasteiger partial charge < -0.3 is 4.90 Å². The number of hydrogen-bond acceptors (Lipinski definition) is 3. The molecule has 2 aromatic carbocycles. The van der Waals surface area contributed by atoms with E-state index in [9.17, 15) is 31.1 Å². The van der Waals surface area contributed by atoms with Crippen molar-refractivity contribution in [3.8, 4) is 0 Å². The summed E-state index contributed by atoms with van der Waals surface area (Å²) in [5.74, 6) is 1.10. The van der Waals surface area contributed by atoms with Crippen molar-refractivity contribution in [2.45, 2.75) is 37.7 Å². The molecule has 2 heterocycles. The van der Waals surface area contributed by atoms with Crippen LogP contribution >= 0.6 is 11.8 Å². The Hall–Kier alpha value is -2.20. The molecule has 3 nitrogen and oxygen atoms in total. The molecule has 0 radical (unpaired) electrons. The minimum Gasteiger partial charge on any atom is -0.338 e. The molecule has 0 aliphatic carbocycles. The zero-order valence-corrected chi connectivity index (χ0v) is 19.9. The van der Waals surface area contributed by atoms with Gasteiger partial charge in [-0.25, -0.2) is 0 Å². The summed E-state index contributed by atoms with van der Waals surface area (Å²) in [5.41, 5.74) is -1.47. The van der Waals surface area contributed by atoms with Crippen molar-refractivity contribution in [1.29, 1.82) is 0 Å². The highest BCUT2D eigenvalue weighted by atomic mass is 32.2. The normalized spacial score (nSPS) is 22.3. The Labute approximate surface area is 204 Å². The van der Waals surface area contributed by atoms with E-state index in [1.807, 2.05) is 43.0 Å². The highest BCUT2D eigenvalue weighted by Crippen LogP contribution is 2.38. The van der Waals surface area contributed by atoms with Gasteiger partial charge in [-0.3, -0.25) is 9.69 Å². The van der Waals surface area contributed by atoms with E-state index in [1.165, 1.54) is 4.90 Å². The maximum absolute atomic E-state index is 13.3. The largest absolute Gasteiger partial charge is 0.416 e. The molecule has 2 aromatic rings. The van der Waals surface area contributed by atoms with Crippen molar-refractivity contribution in [2.75, 3.05) is 37.7 Å². The minimum absolute atomic E-state index is 0.0481. The fraction of sp³-hybridized carbons (Fsp3) is 0.480. The molecular weight excluding hydrogens is 490 g/mol. The quantitative estimate of drug-likeness (QED) is 0.462. The lowest BCUT2D eigenvalue weighted by Gasteiger charge is -2.45. The Morgan fingerprint density at radius 2 is 1.46 bits per heavy atom. The average Bonchev–Trinajstić information content (AvgIpc) is 2.83. The van der Waals surface area contributed by atoms with Gasteiger partial charge >= 0.3 is 12.4 Å². The van der Waals surface area contributed by atoms with Gasteiger partial charge in [0.1, 0.15) is 0 Å². The fourth-order valence-corrected chi connectivity index (χ4v) is 5.80. The first-order valence-corrected chi connectivity index (χ1v) is 12.6. The Balaban J connectivity index is 1.65. The molecule has 2 atom stereocenters. The SMILES string of the molecule is Cc1ccc([C@@H]2CN(C(=O)c3cc(C(F)(F)F)cc(C(F)(F)F)c3)CC[C@@H]2N2CCSCC2)cc1. The monoisotopic (exact) mass is 516 g/mol. The van der Waals surface area contributed by atoms with Crippen LogP contribution in [0.15, 0.2) is 42.5 Å². The number of benzene rings is 2. The van der Waals surface area contributed by atoms with Gasteiger partial charge in [0, 0.05) is 55.2 Å². The lowest BCUT2D eigenvalue weighted by Crippen LogP contribution is -2.53. The standard InChI is InChI=1S/C25H26F6N2OS/c1-16-2-4-17(5-3-16)21-15-33(7-6-22(21)32-8-10-35-11-9-32)23(34)18-12-19(24(26,27)28)14-20(13-18)25(29,30)31/h2-5,12-14,21-22H,6-11,15H2,1H3/t21-,22-/m0/s1. The molecule has 0 spiro atoms. The first kappa shape index (κ1) is 25.9. The van der Waals surface area contributed by atoms with Gasteiger partial charge in [-0.1, -0.05) is 29.8 Å². The highest BCUT2D eigenvalue weighted by molar-refractivity contribution is 7.99. The number of amides is 1.